The maximum Gasteiger partial charge on any atom is 0.360 e. The first-order chi connectivity index (χ1) is 7.86. The summed E-state index contributed by atoms with van der Waals surface area (Å²) >= 11 is 0. The predicted molar refractivity (Wildman–Crippen MR) is 61.8 cm³/mol. The summed E-state index contributed by atoms with van der Waals surface area (Å²) in [6.45, 7) is 7.25. The van der Waals surface area contributed by atoms with Crippen LogP contribution < -0.4 is 5.32 Å². The molecule has 0 aromatic carbocycles. The van der Waals surface area contributed by atoms with Crippen LogP contribution >= 0.6 is 0 Å². The molecule has 0 radical (unpaired) electrons. The minimum atomic E-state index is -0.600. The number of carbonyl (C=O) groups excluding carboxylic acids is 1. The van der Waals surface area contributed by atoms with E-state index in [0.717, 1.165) is 0 Å². The van der Waals surface area contributed by atoms with Gasteiger partial charge in [-0.3, -0.25) is 0 Å². The Labute approximate surface area is 100.0 Å². The van der Waals surface area contributed by atoms with Crippen LogP contribution in [0.25, 0.3) is 0 Å². The number of nitrogens with zero attached hydrogens (tertiary/aromatic N) is 1. The van der Waals surface area contributed by atoms with Gasteiger partial charge in [0.1, 0.15) is 6.26 Å². The molecule has 0 bridgehead atoms. The van der Waals surface area contributed by atoms with Crippen LogP contribution in [0.5, 0.6) is 0 Å². The number of hydrogen-bond acceptors (Lipinski definition) is 6. The normalized spacial score (nSPS) is 13.2. The highest BCUT2D eigenvalue weighted by molar-refractivity contribution is 5.87. The van der Waals surface area contributed by atoms with Crippen LogP contribution in [0.3, 0.4) is 0 Å². The van der Waals surface area contributed by atoms with Crippen molar-refractivity contribution in [3.8, 4) is 0 Å². The Bertz CT molecular complexity index is 385. The summed E-state index contributed by atoms with van der Waals surface area (Å²) in [6, 6.07) is 0.180. The summed E-state index contributed by atoms with van der Waals surface area (Å²) in [4.78, 5) is 15.3. The average molecular weight is 242 g/mol. The quantitative estimate of drug-likeness (QED) is 0.760. The Morgan fingerprint density at radius 1 is 1.71 bits per heavy atom. The molecule has 1 aromatic heterocycles. The molecule has 0 spiro atoms. The first kappa shape index (κ1) is 13.5. The zero-order valence-electron chi connectivity index (χ0n) is 10.5. The molecule has 1 heterocycles. The third-order valence-electron chi connectivity index (χ3n) is 2.46. The topological polar surface area (TPSA) is 84.6 Å². The van der Waals surface area contributed by atoms with Crippen molar-refractivity contribution < 1.29 is 19.1 Å². The highest BCUT2D eigenvalue weighted by Crippen LogP contribution is 2.18. The minimum Gasteiger partial charge on any atom is -0.461 e. The summed E-state index contributed by atoms with van der Waals surface area (Å²) in [5.74, 6) is -0.529. The molecule has 0 saturated heterocycles. The van der Waals surface area contributed by atoms with Crippen molar-refractivity contribution >= 4 is 12.0 Å². The molecule has 1 rings (SSSR count). The predicted octanol–water partition coefficient (Wildman–Crippen LogP) is 1.42. The summed E-state index contributed by atoms with van der Waals surface area (Å²) in [7, 11) is 0. The molecular weight excluding hydrogens is 224 g/mol. The molecule has 17 heavy (non-hydrogen) atoms. The number of esters is 1. The molecule has 2 N–H and O–H groups in total. The molecule has 0 amide bonds. The number of aromatic nitrogens is 1. The molecule has 6 nitrogen and oxygen atoms in total. The van der Waals surface area contributed by atoms with Crippen LogP contribution in [0, 0.1) is 0 Å². The molecule has 1 atom stereocenters. The zero-order valence-corrected chi connectivity index (χ0v) is 10.5. The number of aliphatic hydroxyl groups excluding tert-OH is 1. The number of aliphatic hydroxyl groups is 1. The summed E-state index contributed by atoms with van der Waals surface area (Å²) in [5, 5.41) is 12.4. The first-order valence-corrected chi connectivity index (χ1v) is 5.45. The van der Waals surface area contributed by atoms with Gasteiger partial charge in [0.05, 0.1) is 18.2 Å². The van der Waals surface area contributed by atoms with Gasteiger partial charge in [0, 0.05) is 0 Å². The Morgan fingerprint density at radius 2 is 2.35 bits per heavy atom. The van der Waals surface area contributed by atoms with Crippen LogP contribution in [0.4, 0.5) is 6.01 Å². The van der Waals surface area contributed by atoms with Gasteiger partial charge in [0.25, 0.3) is 6.01 Å². The average Bonchev–Trinajstić information content (AvgIpc) is 2.65. The number of nitrogens with one attached hydrogen (secondary N) is 1. The lowest BCUT2D eigenvalue weighted by molar-refractivity contribution is 0.0519. The van der Waals surface area contributed by atoms with Crippen molar-refractivity contribution in [2.24, 2.45) is 0 Å². The van der Waals surface area contributed by atoms with Gasteiger partial charge in [0.15, 0.2) is 5.69 Å². The lowest BCUT2D eigenvalue weighted by atomic mass is 9.99. The molecule has 0 aliphatic heterocycles. The summed E-state index contributed by atoms with van der Waals surface area (Å²) < 4.78 is 9.86. The van der Waals surface area contributed by atoms with Crippen molar-refractivity contribution in [1.82, 2.24) is 4.98 Å². The molecule has 96 valence electrons. The Balaban J connectivity index is 2.72. The van der Waals surface area contributed by atoms with Crippen LogP contribution in [0.2, 0.25) is 0 Å². The fourth-order valence-corrected chi connectivity index (χ4v) is 1.01. The second kappa shape index (κ2) is 5.18. The van der Waals surface area contributed by atoms with Gasteiger partial charge >= 0.3 is 5.97 Å². The van der Waals surface area contributed by atoms with Crippen molar-refractivity contribution in [3.63, 3.8) is 0 Å². The lowest BCUT2D eigenvalue weighted by Crippen LogP contribution is -2.42. The van der Waals surface area contributed by atoms with Crippen molar-refractivity contribution in [1.29, 1.82) is 0 Å². The number of carbonyl (C=O) groups is 1. The Hall–Kier alpha value is -1.56. The monoisotopic (exact) mass is 242 g/mol. The number of anilines is 1. The van der Waals surface area contributed by atoms with Crippen LogP contribution in [0.1, 0.15) is 38.2 Å². The van der Waals surface area contributed by atoms with Gasteiger partial charge in [-0.05, 0) is 27.7 Å². The standard InChI is InChI=1S/C11H18N2O4/c1-5-16-9(15)8-6-17-10(12-8)13-11(3,4)7(2)14/h6-7,14H,5H2,1-4H3,(H,12,13). The first-order valence-electron chi connectivity index (χ1n) is 5.45. The van der Waals surface area contributed by atoms with E-state index in [0.29, 0.717) is 0 Å². The molecule has 0 fully saturated rings. The smallest absolute Gasteiger partial charge is 0.360 e. The van der Waals surface area contributed by atoms with E-state index in [1.165, 1.54) is 6.26 Å². The van der Waals surface area contributed by atoms with E-state index < -0.39 is 17.6 Å². The molecule has 0 aliphatic carbocycles. The van der Waals surface area contributed by atoms with E-state index in [9.17, 15) is 9.90 Å². The maximum atomic E-state index is 11.3. The molecular formula is C11H18N2O4. The maximum absolute atomic E-state index is 11.3. The molecule has 1 unspecified atom stereocenters. The molecule has 6 heteroatoms. The van der Waals surface area contributed by atoms with Crippen LogP contribution in [-0.4, -0.2) is 34.3 Å². The highest BCUT2D eigenvalue weighted by atomic mass is 16.5. The van der Waals surface area contributed by atoms with E-state index in [4.69, 9.17) is 9.15 Å². The minimum absolute atomic E-state index is 0.107. The second-order valence-corrected chi connectivity index (χ2v) is 4.28. The highest BCUT2D eigenvalue weighted by Gasteiger charge is 2.26. The number of oxazole rings is 1. The van der Waals surface area contributed by atoms with Gasteiger partial charge in [-0.15, -0.1) is 0 Å². The van der Waals surface area contributed by atoms with Crippen LogP contribution in [-0.2, 0) is 4.74 Å². The SMILES string of the molecule is CCOC(=O)c1coc(NC(C)(C)C(C)O)n1. The third kappa shape index (κ3) is 3.45. The fourth-order valence-electron chi connectivity index (χ4n) is 1.01. The van der Waals surface area contributed by atoms with Crippen LogP contribution in [0.15, 0.2) is 10.7 Å². The Kier molecular flexibility index (Phi) is 4.11. The van der Waals surface area contributed by atoms with Gasteiger partial charge in [-0.25, -0.2) is 4.79 Å². The van der Waals surface area contributed by atoms with E-state index in [2.05, 4.69) is 10.3 Å². The largest absolute Gasteiger partial charge is 0.461 e. The molecule has 0 aliphatic rings. The third-order valence-corrected chi connectivity index (χ3v) is 2.46. The number of ether oxygens (including phenoxy) is 1. The van der Waals surface area contributed by atoms with Crippen molar-refractivity contribution in [2.75, 3.05) is 11.9 Å². The molecule has 0 saturated carbocycles. The van der Waals surface area contributed by atoms with Gasteiger partial charge in [0.2, 0.25) is 0 Å². The van der Waals surface area contributed by atoms with E-state index in [-0.39, 0.29) is 18.3 Å². The lowest BCUT2D eigenvalue weighted by Gasteiger charge is -2.28. The van der Waals surface area contributed by atoms with E-state index >= 15 is 0 Å². The van der Waals surface area contributed by atoms with Gasteiger partial charge < -0.3 is 19.6 Å². The number of rotatable bonds is 5. The second-order valence-electron chi connectivity index (χ2n) is 4.28. The summed E-state index contributed by atoms with van der Waals surface area (Å²) in [5.41, 5.74) is -0.493. The molecule has 1 aromatic rings. The summed E-state index contributed by atoms with van der Waals surface area (Å²) in [6.07, 6.45) is 0.624. The van der Waals surface area contributed by atoms with E-state index in [1.807, 2.05) is 0 Å². The van der Waals surface area contributed by atoms with Gasteiger partial charge in [-0.1, -0.05) is 0 Å². The van der Waals surface area contributed by atoms with Crippen molar-refractivity contribution in [2.45, 2.75) is 39.3 Å². The van der Waals surface area contributed by atoms with Crippen molar-refractivity contribution in [3.05, 3.63) is 12.0 Å². The van der Waals surface area contributed by atoms with Gasteiger partial charge in [-0.2, -0.15) is 4.98 Å². The zero-order chi connectivity index (χ0) is 13.1. The fraction of sp³-hybridized carbons (Fsp3) is 0.636. The van der Waals surface area contributed by atoms with E-state index in [1.54, 1.807) is 27.7 Å². The Morgan fingerprint density at radius 3 is 2.88 bits per heavy atom. The number of hydrogen-bond donors (Lipinski definition) is 2.